The Morgan fingerprint density at radius 3 is 1.94 bits per heavy atom. The van der Waals surface area contributed by atoms with Gasteiger partial charge >= 0.3 is 0 Å². The highest BCUT2D eigenvalue weighted by Gasteiger charge is 2.14. The molecule has 0 fully saturated rings. The third kappa shape index (κ3) is 8.17. The van der Waals surface area contributed by atoms with E-state index in [1.54, 1.807) is 6.20 Å². The van der Waals surface area contributed by atoms with Crippen LogP contribution < -0.4 is 16.8 Å². The first-order valence-corrected chi connectivity index (χ1v) is 18.1. The molecule has 0 aliphatic heterocycles. The average molecular weight is 702 g/mol. The molecule has 0 unspecified atom stereocenters. The number of hydrogen-bond donors (Lipinski definition) is 3. The number of anilines is 1. The fourth-order valence-electron chi connectivity index (χ4n) is 6.58. The van der Waals surface area contributed by atoms with E-state index < -0.39 is 0 Å². The Hall–Kier alpha value is -7.11. The van der Waals surface area contributed by atoms with Gasteiger partial charge in [-0.3, -0.25) is 0 Å². The molecule has 264 valence electrons. The van der Waals surface area contributed by atoms with Gasteiger partial charge < -0.3 is 21.4 Å². The summed E-state index contributed by atoms with van der Waals surface area (Å²) in [6.07, 6.45) is 15.5. The smallest absolute Gasteiger partial charge is 0.132 e. The number of nitrogens with two attached hydrogens (primary N) is 2. The molecule has 6 aromatic carbocycles. The number of nitrogens with zero attached hydrogens (tertiary/aromatic N) is 2. The molecule has 0 aliphatic carbocycles. The van der Waals surface area contributed by atoms with Crippen molar-refractivity contribution < 1.29 is 0 Å². The summed E-state index contributed by atoms with van der Waals surface area (Å²) in [6, 6.07) is 52.3. The fraction of sp³-hybridized carbons (Fsp3) is 0.0408. The first kappa shape index (κ1) is 35.3. The number of nitrogens with one attached hydrogen (secondary N) is 1. The summed E-state index contributed by atoms with van der Waals surface area (Å²) in [7, 11) is 0. The molecule has 0 saturated heterocycles. The van der Waals surface area contributed by atoms with Gasteiger partial charge in [0.05, 0.1) is 0 Å². The van der Waals surface area contributed by atoms with Crippen LogP contribution in [0.25, 0.3) is 55.5 Å². The third-order valence-corrected chi connectivity index (χ3v) is 9.30. The number of aromatic nitrogens is 1. The molecular formula is C49H43N5. The zero-order valence-electron chi connectivity index (χ0n) is 30.3. The van der Waals surface area contributed by atoms with Crippen molar-refractivity contribution >= 4 is 44.7 Å². The molecule has 54 heavy (non-hydrogen) atoms. The van der Waals surface area contributed by atoms with Crippen LogP contribution in [-0.2, 0) is 6.54 Å². The van der Waals surface area contributed by atoms with Crippen LogP contribution in [0.3, 0.4) is 0 Å². The van der Waals surface area contributed by atoms with E-state index in [-0.39, 0.29) is 0 Å². The summed E-state index contributed by atoms with van der Waals surface area (Å²) >= 11 is 0. The predicted molar refractivity (Wildman–Crippen MR) is 232 cm³/mol. The van der Waals surface area contributed by atoms with E-state index in [2.05, 4.69) is 101 Å². The molecule has 7 aromatic rings. The third-order valence-electron chi connectivity index (χ3n) is 9.30. The standard InChI is InChI=1S/C49H43N5/c1-2-3-4-5-17-31-52-49(35-45(51)38-22-13-8-14-23-38)53-46-34-40(26-28-41(46)36-18-9-6-10-19-36)39-27-29-48-43(33-39)42-24-15-16-25-47(42)54(48)32-30-44(50)37-20-11-7-12-21-37/h2-31,33-35H,32,50-51H2,1H3,(H,52,53)/b3-2+,5-4-,31-17-,44-30-,45-35-. The van der Waals surface area contributed by atoms with Gasteiger partial charge in [0, 0.05) is 63.3 Å². The highest BCUT2D eigenvalue weighted by molar-refractivity contribution is 6.11. The summed E-state index contributed by atoms with van der Waals surface area (Å²) in [5, 5.41) is 6.04. The van der Waals surface area contributed by atoms with Crippen LogP contribution >= 0.6 is 0 Å². The summed E-state index contributed by atoms with van der Waals surface area (Å²) in [5.41, 5.74) is 24.1. The number of para-hydroxylation sites is 1. The second-order valence-corrected chi connectivity index (χ2v) is 12.9. The van der Waals surface area contributed by atoms with Gasteiger partial charge in [0.1, 0.15) is 5.84 Å². The predicted octanol–water partition coefficient (Wildman–Crippen LogP) is 11.6. The maximum atomic E-state index is 6.64. The summed E-state index contributed by atoms with van der Waals surface area (Å²) in [6.45, 7) is 2.65. The van der Waals surface area contributed by atoms with E-state index in [1.807, 2.05) is 110 Å². The second kappa shape index (κ2) is 16.9. The van der Waals surface area contributed by atoms with E-state index in [1.165, 1.54) is 16.3 Å². The Kier molecular flexibility index (Phi) is 11.1. The van der Waals surface area contributed by atoms with Crippen LogP contribution in [0, 0.1) is 0 Å². The summed E-state index contributed by atoms with van der Waals surface area (Å²) in [4.78, 5) is 4.82. The lowest BCUT2D eigenvalue weighted by atomic mass is 9.97. The summed E-state index contributed by atoms with van der Waals surface area (Å²) in [5.74, 6) is 0.614. The molecule has 0 spiro atoms. The molecule has 0 atom stereocenters. The normalized spacial score (nSPS) is 12.9. The maximum Gasteiger partial charge on any atom is 0.132 e. The van der Waals surface area contributed by atoms with Gasteiger partial charge in [0.25, 0.3) is 0 Å². The van der Waals surface area contributed by atoms with Crippen molar-refractivity contribution in [2.24, 2.45) is 16.5 Å². The molecule has 0 bridgehead atoms. The molecule has 1 aromatic heterocycles. The lowest BCUT2D eigenvalue weighted by Crippen LogP contribution is -2.12. The summed E-state index contributed by atoms with van der Waals surface area (Å²) < 4.78 is 2.34. The minimum absolute atomic E-state index is 0.610. The van der Waals surface area contributed by atoms with Gasteiger partial charge in [-0.15, -0.1) is 0 Å². The van der Waals surface area contributed by atoms with E-state index in [0.717, 1.165) is 50.3 Å². The fourth-order valence-corrected chi connectivity index (χ4v) is 6.58. The van der Waals surface area contributed by atoms with Crippen LogP contribution in [0.1, 0.15) is 18.1 Å². The molecule has 1 heterocycles. The van der Waals surface area contributed by atoms with Gasteiger partial charge in [-0.2, -0.15) is 0 Å². The SMILES string of the molecule is C/C=C/C=C\C=C/N=C(/C=C(\N)c1ccccc1)Nc1cc(-c2ccc3c(c2)c2ccccc2n3C/C=C(\N)c2ccccc2)ccc1-c1ccccc1. The first-order valence-electron chi connectivity index (χ1n) is 18.1. The van der Waals surface area contributed by atoms with Crippen molar-refractivity contribution in [1.29, 1.82) is 0 Å². The van der Waals surface area contributed by atoms with Crippen molar-refractivity contribution in [1.82, 2.24) is 4.57 Å². The van der Waals surface area contributed by atoms with Gasteiger partial charge in [-0.25, -0.2) is 4.99 Å². The number of allylic oxidation sites excluding steroid dienone is 6. The lowest BCUT2D eigenvalue weighted by molar-refractivity contribution is 0.899. The number of aliphatic imine (C=N–C) groups is 1. The van der Waals surface area contributed by atoms with Gasteiger partial charge in [0.15, 0.2) is 0 Å². The van der Waals surface area contributed by atoms with Gasteiger partial charge in [-0.05, 0) is 71.2 Å². The van der Waals surface area contributed by atoms with Gasteiger partial charge in [-0.1, -0.05) is 152 Å². The van der Waals surface area contributed by atoms with Crippen LogP contribution in [0.2, 0.25) is 0 Å². The Balaban J connectivity index is 1.30. The Morgan fingerprint density at radius 1 is 0.593 bits per heavy atom. The first-order chi connectivity index (χ1) is 26.6. The molecule has 5 heteroatoms. The van der Waals surface area contributed by atoms with Crippen LogP contribution in [-0.4, -0.2) is 10.4 Å². The molecule has 0 radical (unpaired) electrons. The quantitative estimate of drug-likeness (QED) is 0.0713. The van der Waals surface area contributed by atoms with Crippen molar-refractivity contribution in [3.8, 4) is 22.3 Å². The number of amidine groups is 1. The van der Waals surface area contributed by atoms with E-state index in [0.29, 0.717) is 18.1 Å². The minimum Gasteiger partial charge on any atom is -0.398 e. The number of hydrogen-bond acceptors (Lipinski definition) is 3. The molecule has 5 N–H and O–H groups in total. The molecule has 0 saturated carbocycles. The second-order valence-electron chi connectivity index (χ2n) is 12.9. The topological polar surface area (TPSA) is 81.4 Å². The van der Waals surface area contributed by atoms with E-state index >= 15 is 0 Å². The highest BCUT2D eigenvalue weighted by atomic mass is 15.0. The van der Waals surface area contributed by atoms with Crippen molar-refractivity contribution in [3.05, 3.63) is 212 Å². The Labute approximate surface area is 317 Å². The van der Waals surface area contributed by atoms with Gasteiger partial charge in [0.2, 0.25) is 0 Å². The van der Waals surface area contributed by atoms with E-state index in [4.69, 9.17) is 16.5 Å². The molecule has 5 nitrogen and oxygen atoms in total. The Bertz CT molecular complexity index is 2550. The molecule has 0 amide bonds. The van der Waals surface area contributed by atoms with Crippen molar-refractivity contribution in [2.45, 2.75) is 13.5 Å². The zero-order chi connectivity index (χ0) is 37.1. The minimum atomic E-state index is 0.610. The number of fused-ring (bicyclic) bond motifs is 3. The van der Waals surface area contributed by atoms with E-state index in [9.17, 15) is 0 Å². The maximum absolute atomic E-state index is 6.64. The van der Waals surface area contributed by atoms with Crippen molar-refractivity contribution in [3.63, 3.8) is 0 Å². The Morgan fingerprint density at radius 2 is 1.20 bits per heavy atom. The van der Waals surface area contributed by atoms with Crippen molar-refractivity contribution in [2.75, 3.05) is 5.32 Å². The van der Waals surface area contributed by atoms with Crippen LogP contribution in [0.5, 0.6) is 0 Å². The average Bonchev–Trinajstić information content (AvgIpc) is 3.54. The molecule has 0 aliphatic rings. The highest BCUT2D eigenvalue weighted by Crippen LogP contribution is 2.36. The molecule has 7 rings (SSSR count). The number of rotatable bonds is 11. The zero-order valence-corrected chi connectivity index (χ0v) is 30.3. The lowest BCUT2D eigenvalue weighted by Gasteiger charge is -2.15. The molecular weight excluding hydrogens is 659 g/mol. The van der Waals surface area contributed by atoms with Crippen LogP contribution in [0.4, 0.5) is 5.69 Å². The monoisotopic (exact) mass is 701 g/mol. The largest absolute Gasteiger partial charge is 0.398 e. The number of benzene rings is 6. The van der Waals surface area contributed by atoms with Crippen LogP contribution in [0.15, 0.2) is 205 Å².